The smallest absolute Gasteiger partial charge is 0.130 e. The van der Waals surface area contributed by atoms with Crippen LogP contribution in [0.3, 0.4) is 0 Å². The predicted molar refractivity (Wildman–Crippen MR) is 36.6 cm³/mol. The molecule has 0 heterocycles. The summed E-state index contributed by atoms with van der Waals surface area (Å²) in [6.07, 6.45) is 1.76. The fourth-order valence-corrected chi connectivity index (χ4v) is 0.664. The molecule has 0 saturated carbocycles. The highest BCUT2D eigenvalue weighted by Gasteiger charge is 1.98. The second-order valence-electron chi connectivity index (χ2n) is 1.48. The van der Waals surface area contributed by atoms with Gasteiger partial charge in [0, 0.05) is 13.0 Å². The van der Waals surface area contributed by atoms with Crippen LogP contribution in [0.15, 0.2) is 0 Å². The van der Waals surface area contributed by atoms with Gasteiger partial charge in [-0.15, -0.1) is 11.6 Å². The van der Waals surface area contributed by atoms with Gasteiger partial charge in [-0.1, -0.05) is 11.6 Å². The molecule has 0 aromatic heterocycles. The zero-order valence-electron chi connectivity index (χ0n) is 4.86. The Balaban J connectivity index is 2.86. The van der Waals surface area contributed by atoms with E-state index in [9.17, 15) is 0 Å². The summed E-state index contributed by atoms with van der Waals surface area (Å²) in [5, 5.41) is 0. The summed E-state index contributed by atoms with van der Waals surface area (Å²) >= 11 is 11.0. The summed E-state index contributed by atoms with van der Waals surface area (Å²) in [4.78, 5) is 0. The maximum atomic E-state index is 5.56. The zero-order valence-corrected chi connectivity index (χ0v) is 6.37. The molecule has 0 radical (unpaired) electrons. The van der Waals surface area contributed by atoms with Crippen LogP contribution in [-0.4, -0.2) is 18.6 Å². The summed E-state index contributed by atoms with van der Waals surface area (Å²) in [6.45, 7) is 0. The van der Waals surface area contributed by atoms with Crippen LogP contribution in [0.1, 0.15) is 12.8 Å². The van der Waals surface area contributed by atoms with E-state index in [0.29, 0.717) is 5.88 Å². The number of hydrogen-bond donors (Lipinski definition) is 0. The summed E-state index contributed by atoms with van der Waals surface area (Å²) in [5.41, 5.74) is -0.159. The number of halogens is 2. The first-order valence-electron chi connectivity index (χ1n) is 2.54. The van der Waals surface area contributed by atoms with E-state index in [1.54, 1.807) is 7.11 Å². The van der Waals surface area contributed by atoms with Crippen LogP contribution in [-0.2, 0) is 4.74 Å². The van der Waals surface area contributed by atoms with E-state index in [1.165, 1.54) is 0 Å². The molecule has 0 bridgehead atoms. The average Bonchev–Trinajstić information content (AvgIpc) is 1.83. The Labute approximate surface area is 59.9 Å². The highest BCUT2D eigenvalue weighted by Crippen LogP contribution is 2.05. The SMILES string of the molecule is COC(Cl)CCCCl. The third-order valence-electron chi connectivity index (χ3n) is 0.820. The minimum Gasteiger partial charge on any atom is -0.366 e. The maximum absolute atomic E-state index is 5.56. The van der Waals surface area contributed by atoms with Crippen LogP contribution in [0.5, 0.6) is 0 Å². The van der Waals surface area contributed by atoms with E-state index < -0.39 is 0 Å². The van der Waals surface area contributed by atoms with Gasteiger partial charge in [0.2, 0.25) is 0 Å². The third-order valence-corrected chi connectivity index (χ3v) is 1.48. The molecule has 0 saturated heterocycles. The van der Waals surface area contributed by atoms with Crippen LogP contribution in [0.25, 0.3) is 0 Å². The summed E-state index contributed by atoms with van der Waals surface area (Å²) in [7, 11) is 1.59. The van der Waals surface area contributed by atoms with Gasteiger partial charge < -0.3 is 4.74 Å². The number of methoxy groups -OCH3 is 1. The lowest BCUT2D eigenvalue weighted by Crippen LogP contribution is -2.00. The molecule has 0 aliphatic heterocycles. The molecule has 0 aromatic carbocycles. The van der Waals surface area contributed by atoms with Gasteiger partial charge in [0.1, 0.15) is 5.56 Å². The second kappa shape index (κ2) is 5.67. The Bertz CT molecular complexity index is 49.7. The molecule has 1 unspecified atom stereocenters. The second-order valence-corrected chi connectivity index (χ2v) is 2.34. The molecule has 50 valence electrons. The maximum Gasteiger partial charge on any atom is 0.130 e. The van der Waals surface area contributed by atoms with Gasteiger partial charge in [0.05, 0.1) is 0 Å². The van der Waals surface area contributed by atoms with Crippen molar-refractivity contribution in [2.24, 2.45) is 0 Å². The molecule has 0 N–H and O–H groups in total. The van der Waals surface area contributed by atoms with E-state index in [2.05, 4.69) is 0 Å². The number of ether oxygens (including phenoxy) is 1. The van der Waals surface area contributed by atoms with Gasteiger partial charge >= 0.3 is 0 Å². The molecule has 8 heavy (non-hydrogen) atoms. The predicted octanol–water partition coefficient (Wildman–Crippen LogP) is 2.22. The van der Waals surface area contributed by atoms with Gasteiger partial charge in [-0.05, 0) is 12.8 Å². The highest BCUT2D eigenvalue weighted by molar-refractivity contribution is 6.20. The van der Waals surface area contributed by atoms with Crippen LogP contribution < -0.4 is 0 Å². The molecule has 0 aliphatic rings. The fraction of sp³-hybridized carbons (Fsp3) is 1.00. The number of rotatable bonds is 4. The number of alkyl halides is 2. The first-order valence-corrected chi connectivity index (χ1v) is 3.51. The van der Waals surface area contributed by atoms with E-state index in [0.717, 1.165) is 12.8 Å². The third kappa shape index (κ3) is 4.69. The Hall–Kier alpha value is 0.540. The normalized spacial score (nSPS) is 13.9. The van der Waals surface area contributed by atoms with Crippen molar-refractivity contribution in [3.63, 3.8) is 0 Å². The molecule has 0 spiro atoms. The van der Waals surface area contributed by atoms with Crippen LogP contribution >= 0.6 is 23.2 Å². The van der Waals surface area contributed by atoms with Crippen LogP contribution in [0, 0.1) is 0 Å². The fourth-order valence-electron chi connectivity index (χ4n) is 0.355. The highest BCUT2D eigenvalue weighted by atomic mass is 35.5. The minimum absolute atomic E-state index is 0.159. The topological polar surface area (TPSA) is 9.23 Å². The average molecular weight is 157 g/mol. The van der Waals surface area contributed by atoms with Crippen molar-refractivity contribution >= 4 is 23.2 Å². The van der Waals surface area contributed by atoms with Crippen molar-refractivity contribution in [3.05, 3.63) is 0 Å². The Kier molecular flexibility index (Phi) is 6.06. The van der Waals surface area contributed by atoms with Crippen LogP contribution in [0.2, 0.25) is 0 Å². The Morgan fingerprint density at radius 1 is 1.62 bits per heavy atom. The van der Waals surface area contributed by atoms with Crippen molar-refractivity contribution in [3.8, 4) is 0 Å². The molecular formula is C5H10Cl2O. The van der Waals surface area contributed by atoms with Gasteiger partial charge in [-0.2, -0.15) is 0 Å². The Morgan fingerprint density at radius 3 is 2.62 bits per heavy atom. The molecule has 1 atom stereocenters. The quantitative estimate of drug-likeness (QED) is 0.568. The van der Waals surface area contributed by atoms with Crippen molar-refractivity contribution in [1.29, 1.82) is 0 Å². The van der Waals surface area contributed by atoms with E-state index in [1.807, 2.05) is 0 Å². The van der Waals surface area contributed by atoms with E-state index in [4.69, 9.17) is 27.9 Å². The van der Waals surface area contributed by atoms with Crippen molar-refractivity contribution in [2.45, 2.75) is 18.4 Å². The van der Waals surface area contributed by atoms with Crippen molar-refractivity contribution in [2.75, 3.05) is 13.0 Å². The first kappa shape index (κ1) is 8.54. The van der Waals surface area contributed by atoms with Gasteiger partial charge in [-0.25, -0.2) is 0 Å². The lowest BCUT2D eigenvalue weighted by molar-refractivity contribution is 0.159. The van der Waals surface area contributed by atoms with Gasteiger partial charge in [-0.3, -0.25) is 0 Å². The molecule has 0 fully saturated rings. The van der Waals surface area contributed by atoms with E-state index >= 15 is 0 Å². The molecule has 0 aromatic rings. The van der Waals surface area contributed by atoms with Crippen molar-refractivity contribution in [1.82, 2.24) is 0 Å². The van der Waals surface area contributed by atoms with Crippen LogP contribution in [0.4, 0.5) is 0 Å². The monoisotopic (exact) mass is 156 g/mol. The summed E-state index contributed by atoms with van der Waals surface area (Å²) in [5.74, 6) is 0.659. The standard InChI is InChI=1S/C5H10Cl2O/c1-8-5(7)3-2-4-6/h5H,2-4H2,1H3. The minimum atomic E-state index is -0.159. The lowest BCUT2D eigenvalue weighted by atomic mass is 10.4. The number of hydrogen-bond acceptors (Lipinski definition) is 1. The molecule has 0 rings (SSSR count). The van der Waals surface area contributed by atoms with Gasteiger partial charge in [0.25, 0.3) is 0 Å². The molecule has 0 aliphatic carbocycles. The van der Waals surface area contributed by atoms with E-state index in [-0.39, 0.29) is 5.56 Å². The molecule has 1 nitrogen and oxygen atoms in total. The lowest BCUT2D eigenvalue weighted by Gasteiger charge is -2.03. The first-order chi connectivity index (χ1) is 3.81. The van der Waals surface area contributed by atoms with Gasteiger partial charge in [0.15, 0.2) is 0 Å². The zero-order chi connectivity index (χ0) is 6.41. The summed E-state index contributed by atoms with van der Waals surface area (Å²) in [6, 6.07) is 0. The molecule has 0 amide bonds. The van der Waals surface area contributed by atoms with Crippen molar-refractivity contribution < 1.29 is 4.74 Å². The molecule has 3 heteroatoms. The summed E-state index contributed by atoms with van der Waals surface area (Å²) < 4.78 is 4.76. The molecular weight excluding hydrogens is 147 g/mol. The largest absolute Gasteiger partial charge is 0.366 e. The Morgan fingerprint density at radius 2 is 2.25 bits per heavy atom.